The highest BCUT2D eigenvalue weighted by Crippen LogP contribution is 2.17. The summed E-state index contributed by atoms with van der Waals surface area (Å²) in [5, 5.41) is 0. The molecule has 0 heterocycles. The maximum atomic E-state index is 5.57. The molecule has 0 atom stereocenters. The van der Waals surface area contributed by atoms with Gasteiger partial charge in [-0.1, -0.05) is 30.3 Å². The van der Waals surface area contributed by atoms with Crippen molar-refractivity contribution in [2.45, 2.75) is 19.4 Å². The Bertz CT molecular complexity index is 290. The highest BCUT2D eigenvalue weighted by atomic mass is 28.1. The third-order valence-corrected chi connectivity index (χ3v) is 2.82. The molecular weight excluding hydrogens is 188 g/mol. The molecule has 0 fully saturated rings. The molecule has 0 unspecified atom stereocenters. The molecule has 0 saturated heterocycles. The Morgan fingerprint density at radius 3 is 2.50 bits per heavy atom. The van der Waals surface area contributed by atoms with Crippen LogP contribution in [0.15, 0.2) is 30.8 Å². The minimum absolute atomic E-state index is 0.843. The zero-order valence-electron chi connectivity index (χ0n) is 9.05. The van der Waals surface area contributed by atoms with E-state index < -0.39 is 0 Å². The Morgan fingerprint density at radius 2 is 2.00 bits per heavy atom. The molecule has 14 heavy (non-hydrogen) atoms. The number of ether oxygens (including phenoxy) is 1. The molecule has 0 amide bonds. The van der Waals surface area contributed by atoms with E-state index in [1.807, 2.05) is 19.1 Å². The Hall–Kier alpha value is -1.02. The van der Waals surface area contributed by atoms with E-state index in [0.717, 1.165) is 17.9 Å². The smallest absolute Gasteiger partial charge is 0.119 e. The fourth-order valence-corrected chi connectivity index (χ4v) is 1.46. The maximum absolute atomic E-state index is 5.57. The van der Waals surface area contributed by atoms with Crippen molar-refractivity contribution in [3.8, 4) is 5.75 Å². The zero-order chi connectivity index (χ0) is 10.4. The monoisotopic (exact) mass is 206 g/mol. The topological polar surface area (TPSA) is 9.23 Å². The van der Waals surface area contributed by atoms with Crippen LogP contribution in [-0.2, 0) is 0 Å². The van der Waals surface area contributed by atoms with Crippen LogP contribution in [0.3, 0.4) is 0 Å². The van der Waals surface area contributed by atoms with E-state index in [1.165, 1.54) is 28.3 Å². The first-order valence-electron chi connectivity index (χ1n) is 5.12. The molecule has 0 aliphatic carbocycles. The minimum Gasteiger partial charge on any atom is -0.494 e. The molecule has 1 aromatic rings. The molecule has 1 nitrogen and oxygen atoms in total. The van der Waals surface area contributed by atoms with Gasteiger partial charge in [0.05, 0.1) is 6.61 Å². The molecule has 0 aliphatic rings. The van der Waals surface area contributed by atoms with E-state index >= 15 is 0 Å². The highest BCUT2D eigenvalue weighted by Gasteiger charge is 1.95. The highest BCUT2D eigenvalue weighted by molar-refractivity contribution is 6.08. The van der Waals surface area contributed by atoms with Gasteiger partial charge >= 0.3 is 0 Å². The summed E-state index contributed by atoms with van der Waals surface area (Å²) in [5.41, 5.74) is 2.27. The van der Waals surface area contributed by atoms with E-state index in [4.69, 9.17) is 4.74 Å². The number of allylic oxidation sites excluding steroid dienone is 1. The molecule has 0 aromatic heterocycles. The van der Waals surface area contributed by atoms with Gasteiger partial charge in [-0.3, -0.25) is 0 Å². The number of benzene rings is 1. The number of hydrogen-bond acceptors (Lipinski definition) is 1. The first-order valence-corrected chi connectivity index (χ1v) is 6.54. The van der Waals surface area contributed by atoms with Gasteiger partial charge in [-0.2, -0.15) is 0 Å². The summed E-state index contributed by atoms with van der Waals surface area (Å²) in [4.78, 5) is 0. The summed E-state index contributed by atoms with van der Waals surface area (Å²) in [6.45, 7) is 6.75. The second-order valence-corrected chi connectivity index (χ2v) is 4.51. The Morgan fingerprint density at radius 1 is 1.36 bits per heavy atom. The molecular formula is C12H18OSi. The first-order chi connectivity index (χ1) is 6.74. The minimum atomic E-state index is 0.843. The Kier molecular flexibility index (Phi) is 4.46. The van der Waals surface area contributed by atoms with Crippen molar-refractivity contribution in [3.05, 3.63) is 36.4 Å². The van der Waals surface area contributed by atoms with Gasteiger partial charge in [-0.15, -0.1) is 0 Å². The number of rotatable bonds is 5. The van der Waals surface area contributed by atoms with Crippen molar-refractivity contribution in [1.82, 2.24) is 0 Å². The van der Waals surface area contributed by atoms with Crippen LogP contribution in [0.4, 0.5) is 0 Å². The van der Waals surface area contributed by atoms with Crippen LogP contribution < -0.4 is 4.74 Å². The van der Waals surface area contributed by atoms with Gasteiger partial charge in [-0.25, -0.2) is 0 Å². The van der Waals surface area contributed by atoms with Crippen LogP contribution >= 0.6 is 0 Å². The molecule has 76 valence electrons. The zero-order valence-corrected chi connectivity index (χ0v) is 11.0. The molecule has 0 aliphatic heterocycles. The lowest BCUT2D eigenvalue weighted by Crippen LogP contribution is -1.96. The van der Waals surface area contributed by atoms with Crippen molar-refractivity contribution in [2.24, 2.45) is 0 Å². The second-order valence-electron chi connectivity index (χ2n) is 3.51. The van der Waals surface area contributed by atoms with Crippen molar-refractivity contribution in [3.63, 3.8) is 0 Å². The van der Waals surface area contributed by atoms with Gasteiger partial charge in [0.1, 0.15) is 5.75 Å². The fourth-order valence-electron chi connectivity index (χ4n) is 1.17. The van der Waals surface area contributed by atoms with Crippen molar-refractivity contribution < 1.29 is 4.74 Å². The first kappa shape index (κ1) is 11.1. The van der Waals surface area contributed by atoms with Crippen LogP contribution in [0.5, 0.6) is 5.75 Å². The van der Waals surface area contributed by atoms with Crippen LogP contribution in [0, 0.1) is 0 Å². The van der Waals surface area contributed by atoms with Crippen LogP contribution in [0.1, 0.15) is 18.9 Å². The van der Waals surface area contributed by atoms with Gasteiger partial charge in [0.2, 0.25) is 0 Å². The number of hydrogen-bond donors (Lipinski definition) is 0. The van der Waals surface area contributed by atoms with E-state index in [0.29, 0.717) is 0 Å². The quantitative estimate of drug-likeness (QED) is 0.530. The van der Waals surface area contributed by atoms with Gasteiger partial charge < -0.3 is 4.74 Å². The summed E-state index contributed by atoms with van der Waals surface area (Å²) in [6.07, 6.45) is 1.18. The fraction of sp³-hybridized carbons (Fsp3) is 0.333. The summed E-state index contributed by atoms with van der Waals surface area (Å²) in [5.74, 6) is 0.963. The average Bonchev–Trinajstić information content (AvgIpc) is 2.19. The largest absolute Gasteiger partial charge is 0.494 e. The lowest BCUT2D eigenvalue weighted by molar-refractivity contribution is 0.317. The predicted octanol–water partition coefficient (Wildman–Crippen LogP) is 2.27. The Labute approximate surface area is 89.2 Å². The third-order valence-electron chi connectivity index (χ3n) is 2.11. The van der Waals surface area contributed by atoms with E-state index in [9.17, 15) is 0 Å². The standard InChI is InChI=1S/C12H18OSi/c1-10(2)11-4-6-12(7-5-11)13-8-3-9-14/h4-7H,1,3,8-9H2,2,14H3. The van der Waals surface area contributed by atoms with Crippen molar-refractivity contribution >= 4 is 15.8 Å². The van der Waals surface area contributed by atoms with E-state index in [2.05, 4.69) is 18.7 Å². The molecule has 0 spiro atoms. The second kappa shape index (κ2) is 5.65. The van der Waals surface area contributed by atoms with Gasteiger partial charge in [0.15, 0.2) is 0 Å². The normalized spacial score (nSPS) is 10.1. The predicted molar refractivity (Wildman–Crippen MR) is 66.0 cm³/mol. The molecule has 2 heteroatoms. The van der Waals surface area contributed by atoms with Gasteiger partial charge in [0, 0.05) is 10.2 Å². The van der Waals surface area contributed by atoms with Crippen molar-refractivity contribution in [2.75, 3.05) is 6.61 Å². The Balaban J connectivity index is 2.51. The average molecular weight is 206 g/mol. The summed E-state index contributed by atoms with van der Waals surface area (Å²) in [6, 6.07) is 9.44. The van der Waals surface area contributed by atoms with Crippen molar-refractivity contribution in [1.29, 1.82) is 0 Å². The molecule has 0 bridgehead atoms. The maximum Gasteiger partial charge on any atom is 0.119 e. The summed E-state index contributed by atoms with van der Waals surface area (Å²) in [7, 11) is 1.27. The lowest BCUT2D eigenvalue weighted by atomic mass is 10.1. The van der Waals surface area contributed by atoms with Crippen LogP contribution in [-0.4, -0.2) is 16.8 Å². The third kappa shape index (κ3) is 3.38. The van der Waals surface area contributed by atoms with Gasteiger partial charge in [0.25, 0.3) is 0 Å². The van der Waals surface area contributed by atoms with Crippen LogP contribution in [0.25, 0.3) is 5.57 Å². The molecule has 0 saturated carbocycles. The molecule has 0 radical (unpaired) electrons. The van der Waals surface area contributed by atoms with E-state index in [1.54, 1.807) is 0 Å². The lowest BCUT2D eigenvalue weighted by Gasteiger charge is -2.06. The van der Waals surface area contributed by atoms with E-state index in [-0.39, 0.29) is 0 Å². The van der Waals surface area contributed by atoms with Crippen LogP contribution in [0.2, 0.25) is 6.04 Å². The van der Waals surface area contributed by atoms with Gasteiger partial charge in [-0.05, 0) is 31.0 Å². The SMILES string of the molecule is C=C(C)c1ccc(OCCC[SiH3])cc1. The molecule has 0 N–H and O–H groups in total. The summed E-state index contributed by atoms with van der Waals surface area (Å²) < 4.78 is 5.57. The molecule has 1 aromatic carbocycles. The molecule has 1 rings (SSSR count). The summed E-state index contributed by atoms with van der Waals surface area (Å²) >= 11 is 0.